The molecule has 2 aromatic rings. The summed E-state index contributed by atoms with van der Waals surface area (Å²) in [5.74, 6) is 0.279. The van der Waals surface area contributed by atoms with Crippen molar-refractivity contribution in [1.29, 1.82) is 0 Å². The van der Waals surface area contributed by atoms with Gasteiger partial charge in [0.15, 0.2) is 0 Å². The van der Waals surface area contributed by atoms with Gasteiger partial charge < -0.3 is 16.4 Å². The largest absolute Gasteiger partial charge is 0.370 e. The van der Waals surface area contributed by atoms with Gasteiger partial charge in [-0.05, 0) is 36.7 Å². The average Bonchev–Trinajstić information content (AvgIpc) is 2.52. The van der Waals surface area contributed by atoms with Gasteiger partial charge in [-0.1, -0.05) is 6.07 Å². The van der Waals surface area contributed by atoms with Crippen LogP contribution in [0.5, 0.6) is 0 Å². The quantitative estimate of drug-likeness (QED) is 0.633. The second-order valence-corrected chi connectivity index (χ2v) is 4.61. The molecule has 2 rings (SSSR count). The van der Waals surface area contributed by atoms with Crippen molar-refractivity contribution in [3.8, 4) is 0 Å². The Morgan fingerprint density at radius 3 is 2.76 bits per heavy atom. The first-order valence-corrected chi connectivity index (χ1v) is 6.85. The van der Waals surface area contributed by atoms with Gasteiger partial charge in [0.2, 0.25) is 5.91 Å². The summed E-state index contributed by atoms with van der Waals surface area (Å²) >= 11 is 0. The molecule has 2 aromatic heterocycles. The van der Waals surface area contributed by atoms with E-state index in [1.165, 1.54) is 11.8 Å². The van der Waals surface area contributed by atoms with Crippen LogP contribution in [0.15, 0.2) is 42.9 Å². The number of hydrogen-bond acceptors (Lipinski definition) is 5. The van der Waals surface area contributed by atoms with Crippen LogP contribution in [0.3, 0.4) is 0 Å². The summed E-state index contributed by atoms with van der Waals surface area (Å²) in [6, 6.07) is 7.39. The highest BCUT2D eigenvalue weighted by Crippen LogP contribution is 2.04. The molecule has 2 heterocycles. The number of nitrogens with two attached hydrogens (primary N) is 1. The number of rotatable bonds is 8. The fourth-order valence-electron chi connectivity index (χ4n) is 1.81. The molecule has 0 atom stereocenters. The molecular weight excluding hydrogens is 266 g/mol. The van der Waals surface area contributed by atoms with Gasteiger partial charge in [-0.2, -0.15) is 0 Å². The summed E-state index contributed by atoms with van der Waals surface area (Å²) in [5, 5.41) is 6.54. The standard InChI is InChI=1S/C15H19N5O/c16-15(21)13-4-5-14(20-11-13)19-8-2-7-18-10-12-3-1-6-17-9-12/h1,3-6,9,11,18H,2,7-8,10H2,(H2,16,21)(H,19,20). The predicted octanol–water partition coefficient (Wildman–Crippen LogP) is 1.17. The topological polar surface area (TPSA) is 92.9 Å². The normalized spacial score (nSPS) is 10.3. The Hall–Kier alpha value is -2.47. The first-order chi connectivity index (χ1) is 10.3. The van der Waals surface area contributed by atoms with Crippen LogP contribution in [0, 0.1) is 0 Å². The lowest BCUT2D eigenvalue weighted by Gasteiger charge is -2.07. The molecule has 0 unspecified atom stereocenters. The molecule has 0 aliphatic heterocycles. The van der Waals surface area contributed by atoms with Crippen molar-refractivity contribution < 1.29 is 4.79 Å². The average molecular weight is 285 g/mol. The van der Waals surface area contributed by atoms with Crippen LogP contribution in [0.2, 0.25) is 0 Å². The lowest BCUT2D eigenvalue weighted by molar-refractivity contribution is 0.1000. The van der Waals surface area contributed by atoms with Crippen molar-refractivity contribution in [1.82, 2.24) is 15.3 Å². The molecule has 0 fully saturated rings. The Balaban J connectivity index is 1.60. The molecule has 21 heavy (non-hydrogen) atoms. The third-order valence-electron chi connectivity index (χ3n) is 2.94. The van der Waals surface area contributed by atoms with Crippen LogP contribution in [0.1, 0.15) is 22.3 Å². The molecule has 0 aliphatic carbocycles. The third-order valence-corrected chi connectivity index (χ3v) is 2.94. The van der Waals surface area contributed by atoms with E-state index in [2.05, 4.69) is 20.6 Å². The molecule has 0 radical (unpaired) electrons. The molecule has 4 N–H and O–H groups in total. The SMILES string of the molecule is NC(=O)c1ccc(NCCCNCc2cccnc2)nc1. The second-order valence-electron chi connectivity index (χ2n) is 4.61. The van der Waals surface area contributed by atoms with Crippen molar-refractivity contribution in [2.24, 2.45) is 5.73 Å². The van der Waals surface area contributed by atoms with E-state index in [4.69, 9.17) is 5.73 Å². The van der Waals surface area contributed by atoms with Crippen molar-refractivity contribution in [2.75, 3.05) is 18.4 Å². The zero-order valence-electron chi connectivity index (χ0n) is 11.7. The zero-order valence-corrected chi connectivity index (χ0v) is 11.7. The smallest absolute Gasteiger partial charge is 0.250 e. The van der Waals surface area contributed by atoms with Crippen molar-refractivity contribution in [3.63, 3.8) is 0 Å². The Labute approximate surface area is 123 Å². The summed E-state index contributed by atoms with van der Waals surface area (Å²) in [4.78, 5) is 19.1. The number of hydrogen-bond donors (Lipinski definition) is 3. The number of carbonyl (C=O) groups is 1. The van der Waals surface area contributed by atoms with Gasteiger partial charge in [0.1, 0.15) is 5.82 Å². The van der Waals surface area contributed by atoms with E-state index in [9.17, 15) is 4.79 Å². The number of aromatic nitrogens is 2. The Morgan fingerprint density at radius 2 is 2.10 bits per heavy atom. The first-order valence-electron chi connectivity index (χ1n) is 6.85. The van der Waals surface area contributed by atoms with E-state index in [1.54, 1.807) is 18.3 Å². The van der Waals surface area contributed by atoms with E-state index < -0.39 is 5.91 Å². The van der Waals surface area contributed by atoms with Gasteiger partial charge in [0, 0.05) is 31.7 Å². The van der Waals surface area contributed by atoms with Gasteiger partial charge in [0.05, 0.1) is 5.56 Å². The van der Waals surface area contributed by atoms with E-state index in [0.29, 0.717) is 5.56 Å². The molecule has 6 nitrogen and oxygen atoms in total. The highest BCUT2D eigenvalue weighted by molar-refractivity contribution is 5.92. The van der Waals surface area contributed by atoms with E-state index in [-0.39, 0.29) is 0 Å². The molecule has 0 saturated heterocycles. The second kappa shape index (κ2) is 7.96. The van der Waals surface area contributed by atoms with Crippen molar-refractivity contribution in [2.45, 2.75) is 13.0 Å². The number of nitrogens with zero attached hydrogens (tertiary/aromatic N) is 2. The summed E-state index contributed by atoms with van der Waals surface area (Å²) in [7, 11) is 0. The highest BCUT2D eigenvalue weighted by atomic mass is 16.1. The van der Waals surface area contributed by atoms with Gasteiger partial charge in [0.25, 0.3) is 0 Å². The van der Waals surface area contributed by atoms with Crippen LogP contribution in [-0.4, -0.2) is 29.0 Å². The van der Waals surface area contributed by atoms with Gasteiger partial charge in [-0.3, -0.25) is 9.78 Å². The van der Waals surface area contributed by atoms with E-state index in [1.807, 2.05) is 18.3 Å². The minimum Gasteiger partial charge on any atom is -0.370 e. The van der Waals surface area contributed by atoms with Crippen molar-refractivity contribution in [3.05, 3.63) is 54.0 Å². The molecule has 6 heteroatoms. The first kappa shape index (κ1) is 14.9. The molecule has 0 saturated carbocycles. The maximum atomic E-state index is 10.9. The summed E-state index contributed by atoms with van der Waals surface area (Å²) in [5.41, 5.74) is 6.75. The molecule has 0 aliphatic rings. The Bertz CT molecular complexity index is 556. The fourth-order valence-corrected chi connectivity index (χ4v) is 1.81. The Kier molecular flexibility index (Phi) is 5.66. The maximum Gasteiger partial charge on any atom is 0.250 e. The number of amides is 1. The van der Waals surface area contributed by atoms with Crippen LogP contribution in [0.25, 0.3) is 0 Å². The number of carbonyl (C=O) groups excluding carboxylic acids is 1. The predicted molar refractivity (Wildman–Crippen MR) is 81.8 cm³/mol. The summed E-state index contributed by atoms with van der Waals surface area (Å²) in [6.07, 6.45) is 6.07. The summed E-state index contributed by atoms with van der Waals surface area (Å²) in [6.45, 7) is 2.53. The molecule has 0 aromatic carbocycles. The monoisotopic (exact) mass is 285 g/mol. The Morgan fingerprint density at radius 1 is 1.19 bits per heavy atom. The minimum atomic E-state index is -0.464. The maximum absolute atomic E-state index is 10.9. The molecule has 0 bridgehead atoms. The van der Waals surface area contributed by atoms with E-state index >= 15 is 0 Å². The highest BCUT2D eigenvalue weighted by Gasteiger charge is 2.00. The zero-order chi connectivity index (χ0) is 14.9. The number of nitrogens with one attached hydrogen (secondary N) is 2. The van der Waals surface area contributed by atoms with E-state index in [0.717, 1.165) is 31.9 Å². The number of pyridine rings is 2. The fraction of sp³-hybridized carbons (Fsp3) is 0.267. The molecular formula is C15H19N5O. The van der Waals surface area contributed by atoms with Crippen LogP contribution in [-0.2, 0) is 6.54 Å². The molecule has 0 spiro atoms. The number of anilines is 1. The number of primary amides is 1. The van der Waals surface area contributed by atoms with Gasteiger partial charge in [-0.15, -0.1) is 0 Å². The van der Waals surface area contributed by atoms with Crippen molar-refractivity contribution >= 4 is 11.7 Å². The lowest BCUT2D eigenvalue weighted by atomic mass is 10.2. The van der Waals surface area contributed by atoms with Crippen LogP contribution >= 0.6 is 0 Å². The van der Waals surface area contributed by atoms with Gasteiger partial charge >= 0.3 is 0 Å². The van der Waals surface area contributed by atoms with Crippen LogP contribution in [0.4, 0.5) is 5.82 Å². The summed E-state index contributed by atoms with van der Waals surface area (Å²) < 4.78 is 0. The third kappa shape index (κ3) is 5.19. The van der Waals surface area contributed by atoms with Crippen LogP contribution < -0.4 is 16.4 Å². The lowest BCUT2D eigenvalue weighted by Crippen LogP contribution is -2.18. The molecule has 1 amide bonds. The van der Waals surface area contributed by atoms with Gasteiger partial charge in [-0.25, -0.2) is 4.98 Å². The molecule has 110 valence electrons. The minimum absolute atomic E-state index is 0.415.